The van der Waals surface area contributed by atoms with Gasteiger partial charge in [-0.25, -0.2) is 0 Å². The minimum atomic E-state index is -0.618. The molecular weight excluding hydrogens is 106 g/mol. The zero-order chi connectivity index (χ0) is 6.57. The first kappa shape index (κ1) is 7.43. The van der Waals surface area contributed by atoms with E-state index < -0.39 is 6.23 Å². The number of nitrogens with zero attached hydrogens (tertiary/aromatic N) is 1. The van der Waals surface area contributed by atoms with Crippen molar-refractivity contribution in [2.75, 3.05) is 7.05 Å². The zero-order valence-corrected chi connectivity index (χ0v) is 5.16. The standard InChI is InChI=1S/C5H11NO2/c1-3-5(8)6(2)4-7/h4-5,8H,3H2,1-2H3. The van der Waals surface area contributed by atoms with Crippen LogP contribution in [-0.2, 0) is 4.79 Å². The van der Waals surface area contributed by atoms with Gasteiger partial charge in [0.05, 0.1) is 0 Å². The molecule has 0 aliphatic carbocycles. The normalized spacial score (nSPS) is 12.9. The second-order valence-corrected chi connectivity index (χ2v) is 1.66. The van der Waals surface area contributed by atoms with Crippen LogP contribution in [-0.4, -0.2) is 29.7 Å². The van der Waals surface area contributed by atoms with Crippen molar-refractivity contribution in [2.45, 2.75) is 19.6 Å². The van der Waals surface area contributed by atoms with Crippen molar-refractivity contribution in [1.29, 1.82) is 0 Å². The van der Waals surface area contributed by atoms with Gasteiger partial charge in [-0.2, -0.15) is 0 Å². The van der Waals surface area contributed by atoms with Crippen LogP contribution in [0.2, 0.25) is 0 Å². The number of hydrogen-bond donors (Lipinski definition) is 1. The summed E-state index contributed by atoms with van der Waals surface area (Å²) in [6, 6.07) is 0. The van der Waals surface area contributed by atoms with Gasteiger partial charge < -0.3 is 10.0 Å². The Morgan fingerprint density at radius 3 is 2.50 bits per heavy atom. The predicted molar refractivity (Wildman–Crippen MR) is 30.1 cm³/mol. The first-order chi connectivity index (χ1) is 3.72. The molecule has 0 rings (SSSR count). The van der Waals surface area contributed by atoms with Gasteiger partial charge in [-0.1, -0.05) is 6.92 Å². The maximum Gasteiger partial charge on any atom is 0.211 e. The van der Waals surface area contributed by atoms with Crippen LogP contribution in [0.3, 0.4) is 0 Å². The SMILES string of the molecule is CCC(O)N(C)C=O. The summed E-state index contributed by atoms with van der Waals surface area (Å²) < 4.78 is 0. The minimum Gasteiger partial charge on any atom is -0.374 e. The van der Waals surface area contributed by atoms with Gasteiger partial charge in [0, 0.05) is 7.05 Å². The Morgan fingerprint density at radius 1 is 1.88 bits per heavy atom. The Labute approximate surface area is 48.9 Å². The first-order valence-corrected chi connectivity index (χ1v) is 2.57. The molecule has 0 aliphatic rings. The van der Waals surface area contributed by atoms with E-state index in [-0.39, 0.29) is 0 Å². The number of aliphatic hydroxyl groups excluding tert-OH is 1. The van der Waals surface area contributed by atoms with Crippen LogP contribution in [0.1, 0.15) is 13.3 Å². The summed E-state index contributed by atoms with van der Waals surface area (Å²) in [5.41, 5.74) is 0. The Balaban J connectivity index is 3.44. The van der Waals surface area contributed by atoms with Crippen LogP contribution in [0.15, 0.2) is 0 Å². The maximum atomic E-state index is 9.87. The molecule has 1 N–H and O–H groups in total. The summed E-state index contributed by atoms with van der Waals surface area (Å²) in [5, 5.41) is 8.82. The van der Waals surface area contributed by atoms with Gasteiger partial charge in [-0.05, 0) is 6.42 Å². The van der Waals surface area contributed by atoms with Gasteiger partial charge in [-0.15, -0.1) is 0 Å². The van der Waals surface area contributed by atoms with Gasteiger partial charge in [0.15, 0.2) is 0 Å². The predicted octanol–water partition coefficient (Wildman–Crippen LogP) is -0.197. The van der Waals surface area contributed by atoms with Crippen molar-refractivity contribution in [1.82, 2.24) is 4.90 Å². The number of amides is 1. The van der Waals surface area contributed by atoms with Crippen molar-refractivity contribution < 1.29 is 9.90 Å². The van der Waals surface area contributed by atoms with Crippen LogP contribution in [0.4, 0.5) is 0 Å². The van der Waals surface area contributed by atoms with Gasteiger partial charge in [-0.3, -0.25) is 4.79 Å². The van der Waals surface area contributed by atoms with Crippen molar-refractivity contribution in [3.63, 3.8) is 0 Å². The fourth-order valence-electron chi connectivity index (χ4n) is 0.358. The Hall–Kier alpha value is -0.570. The third-order valence-electron chi connectivity index (χ3n) is 1.00. The third kappa shape index (κ3) is 1.93. The molecule has 0 spiro atoms. The minimum absolute atomic E-state index is 0.579. The van der Waals surface area contributed by atoms with E-state index in [1.807, 2.05) is 6.92 Å². The van der Waals surface area contributed by atoms with Crippen molar-refractivity contribution in [2.24, 2.45) is 0 Å². The van der Waals surface area contributed by atoms with Crippen LogP contribution in [0.25, 0.3) is 0 Å². The lowest BCUT2D eigenvalue weighted by Crippen LogP contribution is -2.28. The lowest BCUT2D eigenvalue weighted by Gasteiger charge is -2.15. The molecule has 0 saturated heterocycles. The molecule has 8 heavy (non-hydrogen) atoms. The number of carbonyl (C=O) groups excluding carboxylic acids is 1. The first-order valence-electron chi connectivity index (χ1n) is 2.57. The molecule has 1 amide bonds. The number of rotatable bonds is 3. The Morgan fingerprint density at radius 2 is 2.38 bits per heavy atom. The Kier molecular flexibility index (Phi) is 3.19. The summed E-state index contributed by atoms with van der Waals surface area (Å²) in [6.07, 6.45) is 0.566. The molecule has 0 aromatic rings. The van der Waals surface area contributed by atoms with Crippen LogP contribution in [0.5, 0.6) is 0 Å². The summed E-state index contributed by atoms with van der Waals surface area (Å²) in [7, 11) is 1.54. The maximum absolute atomic E-state index is 9.87. The number of aliphatic hydroxyl groups is 1. The van der Waals surface area contributed by atoms with E-state index in [1.165, 1.54) is 4.90 Å². The van der Waals surface area contributed by atoms with E-state index in [0.29, 0.717) is 12.8 Å². The van der Waals surface area contributed by atoms with E-state index in [4.69, 9.17) is 5.11 Å². The summed E-state index contributed by atoms with van der Waals surface area (Å²) in [5.74, 6) is 0. The quantitative estimate of drug-likeness (QED) is 0.411. The molecule has 1 atom stereocenters. The number of hydrogen-bond acceptors (Lipinski definition) is 2. The van der Waals surface area contributed by atoms with Gasteiger partial charge in [0.2, 0.25) is 6.41 Å². The summed E-state index contributed by atoms with van der Waals surface area (Å²) >= 11 is 0. The average Bonchev–Trinajstić information content (AvgIpc) is 1.84. The zero-order valence-electron chi connectivity index (χ0n) is 5.16. The van der Waals surface area contributed by atoms with E-state index in [1.54, 1.807) is 7.05 Å². The summed E-state index contributed by atoms with van der Waals surface area (Å²) in [6.45, 7) is 1.81. The third-order valence-corrected chi connectivity index (χ3v) is 1.00. The molecule has 0 aromatic heterocycles. The van der Waals surface area contributed by atoms with Gasteiger partial charge >= 0.3 is 0 Å². The van der Waals surface area contributed by atoms with Gasteiger partial charge in [0.25, 0.3) is 0 Å². The van der Waals surface area contributed by atoms with Crippen molar-refractivity contribution in [3.8, 4) is 0 Å². The van der Waals surface area contributed by atoms with Crippen LogP contribution in [0, 0.1) is 0 Å². The van der Waals surface area contributed by atoms with Crippen LogP contribution >= 0.6 is 0 Å². The fraction of sp³-hybridized carbons (Fsp3) is 0.800. The molecule has 3 nitrogen and oxygen atoms in total. The molecule has 1 unspecified atom stereocenters. The molecule has 0 aliphatic heterocycles. The van der Waals surface area contributed by atoms with E-state index >= 15 is 0 Å². The summed E-state index contributed by atoms with van der Waals surface area (Å²) in [4.78, 5) is 11.1. The van der Waals surface area contributed by atoms with Crippen molar-refractivity contribution >= 4 is 6.41 Å². The second-order valence-electron chi connectivity index (χ2n) is 1.66. The molecule has 0 fully saturated rings. The lowest BCUT2D eigenvalue weighted by molar-refractivity contribution is -0.125. The van der Waals surface area contributed by atoms with E-state index in [0.717, 1.165) is 0 Å². The highest BCUT2D eigenvalue weighted by Gasteiger charge is 2.02. The molecular formula is C5H11NO2. The molecule has 3 heteroatoms. The smallest absolute Gasteiger partial charge is 0.211 e. The largest absolute Gasteiger partial charge is 0.374 e. The second kappa shape index (κ2) is 3.43. The molecule has 48 valence electrons. The highest BCUT2D eigenvalue weighted by atomic mass is 16.3. The van der Waals surface area contributed by atoms with Crippen molar-refractivity contribution in [3.05, 3.63) is 0 Å². The van der Waals surface area contributed by atoms with E-state index in [9.17, 15) is 4.79 Å². The van der Waals surface area contributed by atoms with E-state index in [2.05, 4.69) is 0 Å². The molecule has 0 aromatic carbocycles. The number of carbonyl (C=O) groups is 1. The molecule has 0 bridgehead atoms. The van der Waals surface area contributed by atoms with Gasteiger partial charge in [0.1, 0.15) is 6.23 Å². The molecule has 0 radical (unpaired) electrons. The monoisotopic (exact) mass is 117 g/mol. The topological polar surface area (TPSA) is 40.5 Å². The molecule has 0 saturated carbocycles. The molecule has 0 heterocycles. The average molecular weight is 117 g/mol. The van der Waals surface area contributed by atoms with Crippen LogP contribution < -0.4 is 0 Å². The fourth-order valence-corrected chi connectivity index (χ4v) is 0.358. The highest BCUT2D eigenvalue weighted by Crippen LogP contribution is 1.91. The Bertz CT molecular complexity index is 74.8. The highest BCUT2D eigenvalue weighted by molar-refractivity contribution is 5.46. The lowest BCUT2D eigenvalue weighted by atomic mass is 10.4.